The van der Waals surface area contributed by atoms with Crippen LogP contribution in [0.1, 0.15) is 31.9 Å². The lowest BCUT2D eigenvalue weighted by molar-refractivity contribution is -0.115. The third-order valence-electron chi connectivity index (χ3n) is 4.44. The number of carbonyl (C=O) groups is 1. The van der Waals surface area contributed by atoms with Crippen molar-refractivity contribution in [1.82, 2.24) is 10.6 Å². The maximum Gasteiger partial charge on any atom is 0.243 e. The first-order valence-electron chi connectivity index (χ1n) is 9.17. The first-order chi connectivity index (χ1) is 13.4. The smallest absolute Gasteiger partial charge is 0.243 e. The molecular formula is C21H26FIN4O2. The molecule has 0 radical (unpaired) electrons. The first-order valence-corrected chi connectivity index (χ1v) is 9.17. The Morgan fingerprint density at radius 2 is 2.00 bits per heavy atom. The monoisotopic (exact) mass is 512 g/mol. The average molecular weight is 512 g/mol. The van der Waals surface area contributed by atoms with Gasteiger partial charge in [-0.3, -0.25) is 9.79 Å². The van der Waals surface area contributed by atoms with Crippen molar-refractivity contribution < 1.29 is 13.9 Å². The second kappa shape index (κ2) is 9.91. The molecule has 1 atom stereocenters. The van der Waals surface area contributed by atoms with E-state index >= 15 is 0 Å². The summed E-state index contributed by atoms with van der Waals surface area (Å²) in [5.74, 6) is 0.660. The lowest BCUT2D eigenvalue weighted by atomic mass is 9.90. The molecule has 0 aliphatic carbocycles. The van der Waals surface area contributed by atoms with Crippen molar-refractivity contribution >= 4 is 41.5 Å². The Morgan fingerprint density at radius 1 is 1.24 bits per heavy atom. The second-order valence-corrected chi connectivity index (χ2v) is 7.28. The third kappa shape index (κ3) is 6.31. The predicted molar refractivity (Wildman–Crippen MR) is 123 cm³/mol. The number of aliphatic imine (C=N–C) groups is 1. The standard InChI is InChI=1S/C21H25FN4O2.HI/c1-21(2)12-17(16-9-4-5-10-18(16)28-21)26-20(23-3)24-13-19(27)25-15-8-6-7-14(22)11-15;/h4-11,17H,12-13H2,1-3H3,(H,25,27)(H2,23,24,26);1H. The number of nitrogens with one attached hydrogen (secondary N) is 3. The van der Waals surface area contributed by atoms with Gasteiger partial charge in [-0.15, -0.1) is 24.0 Å². The Morgan fingerprint density at radius 3 is 2.72 bits per heavy atom. The van der Waals surface area contributed by atoms with Crippen molar-refractivity contribution in [2.75, 3.05) is 18.9 Å². The summed E-state index contributed by atoms with van der Waals surface area (Å²) in [6.07, 6.45) is 0.750. The molecule has 0 spiro atoms. The maximum absolute atomic E-state index is 13.2. The van der Waals surface area contributed by atoms with E-state index < -0.39 is 5.82 Å². The van der Waals surface area contributed by atoms with Gasteiger partial charge in [-0.25, -0.2) is 4.39 Å². The quantitative estimate of drug-likeness (QED) is 0.331. The molecular weight excluding hydrogens is 486 g/mol. The number of halogens is 2. The fourth-order valence-corrected chi connectivity index (χ4v) is 3.23. The highest BCUT2D eigenvalue weighted by molar-refractivity contribution is 14.0. The van der Waals surface area contributed by atoms with Crippen molar-refractivity contribution in [3.8, 4) is 5.75 Å². The Bertz CT molecular complexity index is 888. The van der Waals surface area contributed by atoms with Crippen molar-refractivity contribution in [2.24, 2.45) is 4.99 Å². The van der Waals surface area contributed by atoms with Crippen LogP contribution in [0.4, 0.5) is 10.1 Å². The Kier molecular flexibility index (Phi) is 7.83. The van der Waals surface area contributed by atoms with Crippen LogP contribution in [-0.2, 0) is 4.79 Å². The fraction of sp³-hybridized carbons (Fsp3) is 0.333. The number of benzene rings is 2. The van der Waals surface area contributed by atoms with Gasteiger partial charge in [0.05, 0.1) is 12.6 Å². The lowest BCUT2D eigenvalue weighted by Crippen LogP contribution is -2.46. The van der Waals surface area contributed by atoms with Crippen LogP contribution in [-0.4, -0.2) is 31.1 Å². The highest BCUT2D eigenvalue weighted by Crippen LogP contribution is 2.39. The molecule has 0 bridgehead atoms. The van der Waals surface area contributed by atoms with Gasteiger partial charge in [-0.05, 0) is 38.1 Å². The van der Waals surface area contributed by atoms with Crippen molar-refractivity contribution in [3.05, 3.63) is 59.9 Å². The van der Waals surface area contributed by atoms with Gasteiger partial charge in [0, 0.05) is 24.7 Å². The highest BCUT2D eigenvalue weighted by atomic mass is 127. The molecule has 3 rings (SSSR count). The molecule has 1 unspecified atom stereocenters. The molecule has 0 saturated heterocycles. The molecule has 2 aromatic rings. The van der Waals surface area contributed by atoms with Crippen molar-refractivity contribution in [2.45, 2.75) is 31.9 Å². The topological polar surface area (TPSA) is 74.8 Å². The normalized spacial score (nSPS) is 17.2. The number of amides is 1. The van der Waals surface area contributed by atoms with Gasteiger partial charge < -0.3 is 20.7 Å². The summed E-state index contributed by atoms with van der Waals surface area (Å²) in [5.41, 5.74) is 1.14. The highest BCUT2D eigenvalue weighted by Gasteiger charge is 2.33. The molecule has 1 aliphatic heterocycles. The second-order valence-electron chi connectivity index (χ2n) is 7.28. The molecule has 3 N–H and O–H groups in total. The molecule has 0 aromatic heterocycles. The minimum Gasteiger partial charge on any atom is -0.487 e. The molecule has 1 aliphatic rings. The van der Waals surface area contributed by atoms with E-state index in [0.717, 1.165) is 17.7 Å². The van der Waals surface area contributed by atoms with Gasteiger partial charge >= 0.3 is 0 Å². The van der Waals surface area contributed by atoms with Crippen LogP contribution in [0.25, 0.3) is 0 Å². The largest absolute Gasteiger partial charge is 0.487 e. The number of hydrogen-bond donors (Lipinski definition) is 3. The number of carbonyl (C=O) groups excluding carboxylic acids is 1. The van der Waals surface area contributed by atoms with Gasteiger partial charge in [-0.2, -0.15) is 0 Å². The lowest BCUT2D eigenvalue weighted by Gasteiger charge is -2.38. The molecule has 0 saturated carbocycles. The number of para-hydroxylation sites is 1. The van der Waals surface area contributed by atoms with E-state index in [0.29, 0.717) is 11.6 Å². The Labute approximate surface area is 187 Å². The zero-order valence-corrected chi connectivity index (χ0v) is 19.0. The molecule has 156 valence electrons. The van der Waals surface area contributed by atoms with Gasteiger partial charge in [0.2, 0.25) is 5.91 Å². The summed E-state index contributed by atoms with van der Waals surface area (Å²) in [7, 11) is 1.65. The van der Waals surface area contributed by atoms with Crippen LogP contribution in [0.15, 0.2) is 53.5 Å². The molecule has 1 amide bonds. The summed E-state index contributed by atoms with van der Waals surface area (Å²) in [5, 5.41) is 9.02. The van der Waals surface area contributed by atoms with Crippen molar-refractivity contribution in [1.29, 1.82) is 0 Å². The minimum atomic E-state index is -0.399. The van der Waals surface area contributed by atoms with Gasteiger partial charge in [-0.1, -0.05) is 24.3 Å². The van der Waals surface area contributed by atoms with E-state index in [4.69, 9.17) is 4.74 Å². The molecule has 6 nitrogen and oxygen atoms in total. The first kappa shape index (κ1) is 22.9. The number of fused-ring (bicyclic) bond motifs is 1. The Balaban J connectivity index is 0.00000300. The van der Waals surface area contributed by atoms with Gasteiger partial charge in [0.15, 0.2) is 5.96 Å². The Hall–Kier alpha value is -2.36. The van der Waals surface area contributed by atoms with Crippen LogP contribution in [0, 0.1) is 5.82 Å². The number of anilines is 1. The summed E-state index contributed by atoms with van der Waals surface area (Å²) in [4.78, 5) is 16.3. The summed E-state index contributed by atoms with van der Waals surface area (Å²) < 4.78 is 19.3. The zero-order valence-electron chi connectivity index (χ0n) is 16.7. The third-order valence-corrected chi connectivity index (χ3v) is 4.44. The number of nitrogens with zero attached hydrogens (tertiary/aromatic N) is 1. The number of hydrogen-bond acceptors (Lipinski definition) is 3. The van der Waals surface area contributed by atoms with Crippen LogP contribution < -0.4 is 20.7 Å². The number of rotatable bonds is 4. The molecule has 8 heteroatoms. The van der Waals surface area contributed by atoms with Gasteiger partial charge in [0.1, 0.15) is 17.2 Å². The fourth-order valence-electron chi connectivity index (χ4n) is 3.23. The van der Waals surface area contributed by atoms with E-state index in [1.165, 1.54) is 12.1 Å². The van der Waals surface area contributed by atoms with Crippen molar-refractivity contribution in [3.63, 3.8) is 0 Å². The van der Waals surface area contributed by atoms with E-state index in [1.54, 1.807) is 19.2 Å². The molecule has 2 aromatic carbocycles. The SMILES string of the molecule is CN=C(NCC(=O)Nc1cccc(F)c1)NC1CC(C)(C)Oc2ccccc21.I. The number of ether oxygens (including phenoxy) is 1. The molecule has 29 heavy (non-hydrogen) atoms. The van der Waals surface area contributed by atoms with Gasteiger partial charge in [0.25, 0.3) is 0 Å². The molecule has 1 heterocycles. The van der Waals surface area contributed by atoms with Crippen LogP contribution >= 0.6 is 24.0 Å². The number of guanidine groups is 1. The maximum atomic E-state index is 13.2. The zero-order chi connectivity index (χ0) is 20.1. The summed E-state index contributed by atoms with van der Waals surface area (Å²) >= 11 is 0. The van der Waals surface area contributed by atoms with Crippen LogP contribution in [0.2, 0.25) is 0 Å². The average Bonchev–Trinajstić information content (AvgIpc) is 2.64. The van der Waals surface area contributed by atoms with E-state index in [1.807, 2.05) is 38.1 Å². The van der Waals surface area contributed by atoms with E-state index in [2.05, 4.69) is 20.9 Å². The van der Waals surface area contributed by atoms with Crippen LogP contribution in [0.3, 0.4) is 0 Å². The summed E-state index contributed by atoms with van der Waals surface area (Å²) in [6, 6.07) is 13.7. The van der Waals surface area contributed by atoms with E-state index in [-0.39, 0.29) is 48.1 Å². The predicted octanol–water partition coefficient (Wildman–Crippen LogP) is 3.85. The van der Waals surface area contributed by atoms with E-state index in [9.17, 15) is 9.18 Å². The summed E-state index contributed by atoms with van der Waals surface area (Å²) in [6.45, 7) is 4.09. The minimum absolute atomic E-state index is 0. The van der Waals surface area contributed by atoms with Crippen LogP contribution in [0.5, 0.6) is 5.75 Å². The molecule has 0 fully saturated rings.